The predicted octanol–water partition coefficient (Wildman–Crippen LogP) is 6.09. The molecule has 3 N–H and O–H groups in total. The van der Waals surface area contributed by atoms with Crippen LogP contribution >= 0.6 is 11.3 Å². The van der Waals surface area contributed by atoms with Crippen LogP contribution in [0.25, 0.3) is 22.4 Å². The van der Waals surface area contributed by atoms with Crippen molar-refractivity contribution in [2.24, 2.45) is 0 Å². The third-order valence-electron chi connectivity index (χ3n) is 6.72. The van der Waals surface area contributed by atoms with Crippen LogP contribution in [0, 0.1) is 11.3 Å². The largest absolute Gasteiger partial charge is 0.467 e. The molecule has 0 aliphatic rings. The second-order valence-electron chi connectivity index (χ2n) is 10.8. The third-order valence-corrected chi connectivity index (χ3v) is 7.59. The molecule has 2 aromatic carbocycles. The average Bonchev–Trinajstić information content (AvgIpc) is 3.56. The van der Waals surface area contributed by atoms with Gasteiger partial charge in [-0.05, 0) is 68.1 Å². The number of nitrogens with one attached hydrogen (secondary N) is 2. The van der Waals surface area contributed by atoms with Gasteiger partial charge < -0.3 is 30.1 Å². The van der Waals surface area contributed by atoms with Crippen LogP contribution < -0.4 is 15.4 Å². The standard InChI is InChI=1S/C33H33N5O6S/c1-33(2,3)38(32(41)42)16-15-35-30(39)22-13-11-21(12-14-22)24-18-26(23-8-5-6-9-27(23)44-20-43-4)36-29(25(24)19-34)37-31(40)28-10-7-17-45-28/h5-14,17-18H,15-16,20H2,1-4H3,(H,35,39)(H,41,42)(H,36,37,40). The molecule has 0 atom stereocenters. The highest BCUT2D eigenvalue weighted by atomic mass is 32.1. The lowest BCUT2D eigenvalue weighted by atomic mass is 9.97. The van der Waals surface area contributed by atoms with Crippen molar-refractivity contribution in [2.75, 3.05) is 32.3 Å². The zero-order valence-corrected chi connectivity index (χ0v) is 26.1. The molecule has 0 radical (unpaired) electrons. The second-order valence-corrected chi connectivity index (χ2v) is 11.8. The Balaban J connectivity index is 1.68. The van der Waals surface area contributed by atoms with E-state index in [2.05, 4.69) is 21.7 Å². The van der Waals surface area contributed by atoms with Crippen molar-refractivity contribution in [1.82, 2.24) is 15.2 Å². The minimum absolute atomic E-state index is 0.0101. The summed E-state index contributed by atoms with van der Waals surface area (Å²) in [5.74, 6) is -0.197. The Labute approximate surface area is 265 Å². The summed E-state index contributed by atoms with van der Waals surface area (Å²) in [5.41, 5.74) is 2.05. The van der Waals surface area contributed by atoms with Gasteiger partial charge in [-0.25, -0.2) is 9.78 Å². The van der Waals surface area contributed by atoms with Crippen LogP contribution in [0.2, 0.25) is 0 Å². The fourth-order valence-electron chi connectivity index (χ4n) is 4.52. The Kier molecular flexibility index (Phi) is 10.5. The Morgan fingerprint density at radius 1 is 1.02 bits per heavy atom. The number of methoxy groups -OCH3 is 1. The van der Waals surface area contributed by atoms with Gasteiger partial charge in [-0.15, -0.1) is 11.3 Å². The van der Waals surface area contributed by atoms with Gasteiger partial charge in [0.1, 0.15) is 17.4 Å². The first-order chi connectivity index (χ1) is 21.5. The molecule has 2 aromatic heterocycles. The first kappa shape index (κ1) is 32.7. The van der Waals surface area contributed by atoms with Crippen molar-refractivity contribution < 1.29 is 29.0 Å². The Morgan fingerprint density at radius 3 is 2.38 bits per heavy atom. The number of benzene rings is 2. The fraction of sp³-hybridized carbons (Fsp3) is 0.242. The van der Waals surface area contributed by atoms with E-state index in [1.54, 1.807) is 74.7 Å². The van der Waals surface area contributed by atoms with E-state index in [1.807, 2.05) is 18.2 Å². The molecule has 0 unspecified atom stereocenters. The maximum atomic E-state index is 13.0. The number of para-hydroxylation sites is 1. The zero-order chi connectivity index (χ0) is 32.6. The van der Waals surface area contributed by atoms with Crippen LogP contribution in [0.3, 0.4) is 0 Å². The van der Waals surface area contributed by atoms with E-state index in [4.69, 9.17) is 9.47 Å². The minimum atomic E-state index is -1.06. The molecule has 0 saturated heterocycles. The van der Waals surface area contributed by atoms with Crippen LogP contribution in [0.4, 0.5) is 10.6 Å². The van der Waals surface area contributed by atoms with E-state index in [-0.39, 0.29) is 37.2 Å². The molecule has 45 heavy (non-hydrogen) atoms. The lowest BCUT2D eigenvalue weighted by molar-refractivity contribution is 0.0515. The molecule has 4 aromatic rings. The summed E-state index contributed by atoms with van der Waals surface area (Å²) >= 11 is 1.26. The molecule has 12 heteroatoms. The molecule has 3 amide bonds. The smallest absolute Gasteiger partial charge is 0.407 e. The average molecular weight is 628 g/mol. The molecule has 0 saturated carbocycles. The van der Waals surface area contributed by atoms with Gasteiger partial charge in [-0.3, -0.25) is 9.59 Å². The molecule has 4 rings (SSSR count). The predicted molar refractivity (Wildman–Crippen MR) is 171 cm³/mol. The number of ether oxygens (including phenoxy) is 2. The number of hydrogen-bond donors (Lipinski definition) is 3. The van der Waals surface area contributed by atoms with Gasteiger partial charge in [-0.2, -0.15) is 5.26 Å². The van der Waals surface area contributed by atoms with Crippen LogP contribution in [-0.4, -0.2) is 65.4 Å². The zero-order valence-electron chi connectivity index (χ0n) is 25.3. The van der Waals surface area contributed by atoms with Crippen molar-refractivity contribution in [3.05, 3.63) is 88.1 Å². The first-order valence-corrected chi connectivity index (χ1v) is 14.8. The number of thiophene rings is 1. The SMILES string of the molecule is COCOc1ccccc1-c1cc(-c2ccc(C(=O)NCCN(C(=O)O)C(C)(C)C)cc2)c(C#N)c(NC(=O)c2cccs2)n1. The number of nitriles is 1. The van der Waals surface area contributed by atoms with Gasteiger partial charge in [0.2, 0.25) is 0 Å². The van der Waals surface area contributed by atoms with Crippen LogP contribution in [0.5, 0.6) is 5.75 Å². The summed E-state index contributed by atoms with van der Waals surface area (Å²) in [6, 6.07) is 21.2. The topological polar surface area (TPSA) is 154 Å². The molecule has 11 nitrogen and oxygen atoms in total. The van der Waals surface area contributed by atoms with E-state index in [1.165, 1.54) is 23.3 Å². The number of carbonyl (C=O) groups excluding carboxylic acids is 2. The van der Waals surface area contributed by atoms with Crippen molar-refractivity contribution in [1.29, 1.82) is 5.26 Å². The maximum Gasteiger partial charge on any atom is 0.407 e. The summed E-state index contributed by atoms with van der Waals surface area (Å²) in [7, 11) is 1.51. The summed E-state index contributed by atoms with van der Waals surface area (Å²) in [4.78, 5) is 43.8. The molecule has 2 heterocycles. The van der Waals surface area contributed by atoms with E-state index in [0.29, 0.717) is 38.6 Å². The number of pyridine rings is 1. The normalized spacial score (nSPS) is 10.9. The van der Waals surface area contributed by atoms with Gasteiger partial charge in [-0.1, -0.05) is 30.3 Å². The summed E-state index contributed by atoms with van der Waals surface area (Å²) < 4.78 is 10.8. The molecular formula is C33H33N5O6S. The van der Waals surface area contributed by atoms with E-state index >= 15 is 0 Å². The van der Waals surface area contributed by atoms with Gasteiger partial charge in [0, 0.05) is 42.4 Å². The molecule has 0 aliphatic carbocycles. The highest BCUT2D eigenvalue weighted by molar-refractivity contribution is 7.12. The van der Waals surface area contributed by atoms with Gasteiger partial charge >= 0.3 is 6.09 Å². The molecule has 0 spiro atoms. The maximum absolute atomic E-state index is 13.0. The summed E-state index contributed by atoms with van der Waals surface area (Å²) in [6.07, 6.45) is -1.06. The number of amides is 3. The Bertz CT molecular complexity index is 1710. The van der Waals surface area contributed by atoms with Crippen LogP contribution in [0.15, 0.2) is 72.1 Å². The highest BCUT2D eigenvalue weighted by Gasteiger charge is 2.26. The number of aromatic nitrogens is 1. The van der Waals surface area contributed by atoms with Crippen LogP contribution in [-0.2, 0) is 4.74 Å². The van der Waals surface area contributed by atoms with Crippen molar-refractivity contribution in [3.8, 4) is 34.2 Å². The van der Waals surface area contributed by atoms with Gasteiger partial charge in [0.15, 0.2) is 12.6 Å². The molecule has 0 fully saturated rings. The number of rotatable bonds is 11. The number of hydrogen-bond acceptors (Lipinski definition) is 8. The van der Waals surface area contributed by atoms with E-state index in [0.717, 1.165) is 0 Å². The Morgan fingerprint density at radius 2 is 1.76 bits per heavy atom. The quantitative estimate of drug-likeness (QED) is 0.169. The minimum Gasteiger partial charge on any atom is -0.467 e. The fourth-order valence-corrected chi connectivity index (χ4v) is 5.14. The van der Waals surface area contributed by atoms with E-state index in [9.17, 15) is 24.8 Å². The van der Waals surface area contributed by atoms with Crippen molar-refractivity contribution in [3.63, 3.8) is 0 Å². The van der Waals surface area contributed by atoms with Crippen LogP contribution in [0.1, 0.15) is 46.4 Å². The number of anilines is 1. The molecule has 232 valence electrons. The molecular weight excluding hydrogens is 594 g/mol. The lowest BCUT2D eigenvalue weighted by Crippen LogP contribution is -2.48. The van der Waals surface area contributed by atoms with Gasteiger partial charge in [0.25, 0.3) is 11.8 Å². The third kappa shape index (κ3) is 8.03. The van der Waals surface area contributed by atoms with Crippen molar-refractivity contribution >= 4 is 35.1 Å². The van der Waals surface area contributed by atoms with Gasteiger partial charge in [0.05, 0.1) is 10.6 Å². The number of nitrogens with zero attached hydrogens (tertiary/aromatic N) is 3. The first-order valence-electron chi connectivity index (χ1n) is 13.9. The summed E-state index contributed by atoms with van der Waals surface area (Å²) in [6.45, 7) is 5.62. The van der Waals surface area contributed by atoms with Crippen molar-refractivity contribution in [2.45, 2.75) is 26.3 Å². The number of carbonyl (C=O) groups is 3. The highest BCUT2D eigenvalue weighted by Crippen LogP contribution is 2.36. The molecule has 0 bridgehead atoms. The lowest BCUT2D eigenvalue weighted by Gasteiger charge is -2.33. The Hall–Kier alpha value is -5.25. The molecule has 0 aliphatic heterocycles. The second kappa shape index (κ2) is 14.5. The van der Waals surface area contributed by atoms with E-state index < -0.39 is 17.5 Å². The number of carboxylic acid groups (broad SMARTS) is 1. The monoisotopic (exact) mass is 627 g/mol. The summed E-state index contributed by atoms with van der Waals surface area (Å²) in [5, 5.41) is 27.0.